The quantitative estimate of drug-likeness (QED) is 0.666. The van der Waals surface area contributed by atoms with Gasteiger partial charge in [0.1, 0.15) is 0 Å². The van der Waals surface area contributed by atoms with Crippen LogP contribution < -0.4 is 4.90 Å². The average Bonchev–Trinajstić information content (AvgIpc) is 2.39. The summed E-state index contributed by atoms with van der Waals surface area (Å²) in [7, 11) is 0. The number of anilines is 1. The van der Waals surface area contributed by atoms with Gasteiger partial charge in [-0.05, 0) is 30.9 Å². The summed E-state index contributed by atoms with van der Waals surface area (Å²) >= 11 is 0. The summed E-state index contributed by atoms with van der Waals surface area (Å²) in [6, 6.07) is 6.49. The highest BCUT2D eigenvalue weighted by atomic mass is 16.6. The number of hydrogen-bond acceptors (Lipinski definition) is 4. The molecule has 1 aliphatic heterocycles. The number of carbonyl (C=O) groups is 1. The second-order valence-corrected chi connectivity index (χ2v) is 4.80. The first-order valence-electron chi connectivity index (χ1n) is 6.27. The Labute approximate surface area is 110 Å². The predicted octanol–water partition coefficient (Wildman–Crippen LogP) is 2.29. The Morgan fingerprint density at radius 1 is 1.32 bits per heavy atom. The van der Waals surface area contributed by atoms with Gasteiger partial charge >= 0.3 is 5.97 Å². The molecule has 1 saturated heterocycles. The molecule has 0 atom stereocenters. The number of aliphatic carboxylic acids is 1. The first kappa shape index (κ1) is 13.3. The molecule has 1 aromatic rings. The Morgan fingerprint density at radius 2 is 1.89 bits per heavy atom. The topological polar surface area (TPSA) is 83.7 Å². The van der Waals surface area contributed by atoms with Crippen molar-refractivity contribution in [2.24, 2.45) is 5.92 Å². The number of carboxylic acid groups (broad SMARTS) is 1. The molecule has 19 heavy (non-hydrogen) atoms. The summed E-state index contributed by atoms with van der Waals surface area (Å²) < 4.78 is 0. The van der Waals surface area contributed by atoms with Crippen molar-refractivity contribution in [3.63, 3.8) is 0 Å². The fourth-order valence-electron chi connectivity index (χ4n) is 2.43. The largest absolute Gasteiger partial charge is 0.481 e. The normalized spacial score (nSPS) is 16.3. The SMILES string of the molecule is O=C(O)CC1CCN(c2ccc([N+](=O)[O-])cc2)CC1. The van der Waals surface area contributed by atoms with Gasteiger partial charge in [-0.3, -0.25) is 14.9 Å². The van der Waals surface area contributed by atoms with Crippen LogP contribution in [0.3, 0.4) is 0 Å². The first-order valence-corrected chi connectivity index (χ1v) is 6.27. The molecule has 1 heterocycles. The van der Waals surface area contributed by atoms with E-state index < -0.39 is 10.9 Å². The standard InChI is InChI=1S/C13H16N2O4/c16-13(17)9-10-5-7-14(8-6-10)11-1-3-12(4-2-11)15(18)19/h1-4,10H,5-9H2,(H,16,17). The molecule has 0 spiro atoms. The van der Waals surface area contributed by atoms with E-state index in [1.165, 1.54) is 12.1 Å². The Kier molecular flexibility index (Phi) is 3.99. The number of rotatable bonds is 4. The molecule has 1 aromatic carbocycles. The molecule has 0 saturated carbocycles. The lowest BCUT2D eigenvalue weighted by Gasteiger charge is -2.33. The molecular formula is C13H16N2O4. The van der Waals surface area contributed by atoms with Gasteiger partial charge in [0, 0.05) is 37.3 Å². The van der Waals surface area contributed by atoms with Gasteiger partial charge in [0.05, 0.1) is 4.92 Å². The molecule has 0 aromatic heterocycles. The van der Waals surface area contributed by atoms with Crippen LogP contribution in [-0.4, -0.2) is 29.1 Å². The Morgan fingerprint density at radius 3 is 2.37 bits per heavy atom. The van der Waals surface area contributed by atoms with Crippen LogP contribution in [0.1, 0.15) is 19.3 Å². The zero-order valence-corrected chi connectivity index (χ0v) is 10.5. The van der Waals surface area contributed by atoms with Gasteiger partial charge in [0.2, 0.25) is 0 Å². The maximum absolute atomic E-state index is 10.6. The van der Waals surface area contributed by atoms with Crippen LogP contribution in [0.15, 0.2) is 24.3 Å². The third-order valence-corrected chi connectivity index (χ3v) is 3.50. The van der Waals surface area contributed by atoms with Crippen LogP contribution in [0.5, 0.6) is 0 Å². The van der Waals surface area contributed by atoms with Crippen molar-refractivity contribution in [3.05, 3.63) is 34.4 Å². The van der Waals surface area contributed by atoms with Crippen LogP contribution in [0.2, 0.25) is 0 Å². The van der Waals surface area contributed by atoms with Gasteiger partial charge in [-0.1, -0.05) is 0 Å². The fraction of sp³-hybridized carbons (Fsp3) is 0.462. The minimum Gasteiger partial charge on any atom is -0.481 e. The van der Waals surface area contributed by atoms with E-state index in [2.05, 4.69) is 4.90 Å². The summed E-state index contributed by atoms with van der Waals surface area (Å²) in [5, 5.41) is 19.3. The van der Waals surface area contributed by atoms with Crippen molar-refractivity contribution >= 4 is 17.3 Å². The van der Waals surface area contributed by atoms with Gasteiger partial charge in [0.25, 0.3) is 5.69 Å². The lowest BCUT2D eigenvalue weighted by atomic mass is 9.93. The second kappa shape index (κ2) is 5.69. The molecule has 1 N–H and O–H groups in total. The zero-order chi connectivity index (χ0) is 13.8. The van der Waals surface area contributed by atoms with Gasteiger partial charge in [-0.15, -0.1) is 0 Å². The van der Waals surface area contributed by atoms with Crippen molar-refractivity contribution in [2.45, 2.75) is 19.3 Å². The van der Waals surface area contributed by atoms with Crippen LogP contribution >= 0.6 is 0 Å². The van der Waals surface area contributed by atoms with Gasteiger partial charge in [0.15, 0.2) is 0 Å². The number of nitrogens with zero attached hydrogens (tertiary/aromatic N) is 2. The van der Waals surface area contributed by atoms with Crippen molar-refractivity contribution in [3.8, 4) is 0 Å². The maximum Gasteiger partial charge on any atom is 0.303 e. The van der Waals surface area contributed by atoms with Crippen LogP contribution in [0.4, 0.5) is 11.4 Å². The van der Waals surface area contributed by atoms with Gasteiger partial charge < -0.3 is 10.0 Å². The fourth-order valence-corrected chi connectivity index (χ4v) is 2.43. The molecule has 0 aliphatic carbocycles. The summed E-state index contributed by atoms with van der Waals surface area (Å²) in [6.45, 7) is 1.60. The van der Waals surface area contributed by atoms with Gasteiger partial charge in [-0.2, -0.15) is 0 Å². The average molecular weight is 264 g/mol. The van der Waals surface area contributed by atoms with E-state index in [4.69, 9.17) is 5.11 Å². The Hall–Kier alpha value is -2.11. The van der Waals surface area contributed by atoms with Crippen LogP contribution in [0, 0.1) is 16.0 Å². The molecule has 2 rings (SSSR count). The number of hydrogen-bond donors (Lipinski definition) is 1. The highest BCUT2D eigenvalue weighted by molar-refractivity contribution is 5.67. The number of benzene rings is 1. The number of non-ortho nitro benzene ring substituents is 1. The number of piperidine rings is 1. The van der Waals surface area contributed by atoms with Gasteiger partial charge in [-0.25, -0.2) is 0 Å². The van der Waals surface area contributed by atoms with E-state index >= 15 is 0 Å². The maximum atomic E-state index is 10.6. The molecule has 1 fully saturated rings. The van der Waals surface area contributed by atoms with Crippen LogP contribution in [-0.2, 0) is 4.79 Å². The van der Waals surface area contributed by atoms with Crippen molar-refractivity contribution < 1.29 is 14.8 Å². The third kappa shape index (κ3) is 3.43. The zero-order valence-electron chi connectivity index (χ0n) is 10.5. The molecule has 6 nitrogen and oxygen atoms in total. The van der Waals surface area contributed by atoms with E-state index in [0.717, 1.165) is 31.6 Å². The van der Waals surface area contributed by atoms with Crippen molar-refractivity contribution in [2.75, 3.05) is 18.0 Å². The Balaban J connectivity index is 1.94. The second-order valence-electron chi connectivity index (χ2n) is 4.80. The molecule has 0 bridgehead atoms. The Bertz CT molecular complexity index is 464. The minimum absolute atomic E-state index is 0.0875. The van der Waals surface area contributed by atoms with Crippen molar-refractivity contribution in [1.29, 1.82) is 0 Å². The van der Waals surface area contributed by atoms with Crippen LogP contribution in [0.25, 0.3) is 0 Å². The lowest BCUT2D eigenvalue weighted by Crippen LogP contribution is -2.34. The molecule has 6 heteroatoms. The smallest absolute Gasteiger partial charge is 0.303 e. The molecule has 102 valence electrons. The van der Waals surface area contributed by atoms with E-state index in [0.29, 0.717) is 0 Å². The minimum atomic E-state index is -0.742. The van der Waals surface area contributed by atoms with E-state index in [1.807, 2.05) is 0 Å². The molecule has 1 aliphatic rings. The van der Waals surface area contributed by atoms with E-state index in [9.17, 15) is 14.9 Å². The highest BCUT2D eigenvalue weighted by Crippen LogP contribution is 2.26. The summed E-state index contributed by atoms with van der Waals surface area (Å²) in [4.78, 5) is 22.9. The predicted molar refractivity (Wildman–Crippen MR) is 70.3 cm³/mol. The lowest BCUT2D eigenvalue weighted by molar-refractivity contribution is -0.384. The molecule has 0 unspecified atom stereocenters. The molecule has 0 radical (unpaired) electrons. The molecular weight excluding hydrogens is 248 g/mol. The van der Waals surface area contributed by atoms with E-state index in [1.54, 1.807) is 12.1 Å². The molecule has 0 amide bonds. The van der Waals surface area contributed by atoms with Crippen molar-refractivity contribution in [1.82, 2.24) is 0 Å². The van der Waals surface area contributed by atoms with E-state index in [-0.39, 0.29) is 18.0 Å². The number of nitro benzene ring substituents is 1. The number of nitro groups is 1. The summed E-state index contributed by atoms with van der Waals surface area (Å²) in [6.07, 6.45) is 1.93. The summed E-state index contributed by atoms with van der Waals surface area (Å²) in [5.74, 6) is -0.499. The third-order valence-electron chi connectivity index (χ3n) is 3.50. The highest BCUT2D eigenvalue weighted by Gasteiger charge is 2.21. The summed E-state index contributed by atoms with van der Waals surface area (Å²) in [5.41, 5.74) is 1.05. The monoisotopic (exact) mass is 264 g/mol. The number of carboxylic acids is 1. The first-order chi connectivity index (χ1) is 9.06.